The molecule has 1 atom stereocenters. The summed E-state index contributed by atoms with van der Waals surface area (Å²) in [5.74, 6) is -0.0280. The molecule has 3 heteroatoms. The molecule has 1 rings (SSSR count). The predicted octanol–water partition coefficient (Wildman–Crippen LogP) is 3.09. The third-order valence-electron chi connectivity index (χ3n) is 2.95. The van der Waals surface area contributed by atoms with Gasteiger partial charge in [0.05, 0.1) is 0 Å². The van der Waals surface area contributed by atoms with Crippen molar-refractivity contribution in [2.45, 2.75) is 39.2 Å². The summed E-state index contributed by atoms with van der Waals surface area (Å²) in [6.07, 6.45) is 1.67. The standard InChI is InChI=1S/C16H24N2O/c1-6-11-17-15(19)12(2)18-14-9-7-13(8-10-14)16(3,4)5/h6-10,12,18H,1,11H2,2-5H3,(H,17,19). The maximum atomic E-state index is 11.7. The number of carbonyl (C=O) groups is 1. The van der Waals surface area contributed by atoms with Gasteiger partial charge in [0.25, 0.3) is 0 Å². The van der Waals surface area contributed by atoms with Crippen LogP contribution in [-0.2, 0) is 10.2 Å². The fraction of sp³-hybridized carbons (Fsp3) is 0.438. The van der Waals surface area contributed by atoms with Gasteiger partial charge in [-0.05, 0) is 30.0 Å². The average Bonchev–Trinajstić information content (AvgIpc) is 2.35. The van der Waals surface area contributed by atoms with E-state index in [9.17, 15) is 4.79 Å². The largest absolute Gasteiger partial charge is 0.374 e. The van der Waals surface area contributed by atoms with Crippen LogP contribution in [0.15, 0.2) is 36.9 Å². The monoisotopic (exact) mass is 260 g/mol. The number of amides is 1. The van der Waals surface area contributed by atoms with Gasteiger partial charge in [0.15, 0.2) is 0 Å². The summed E-state index contributed by atoms with van der Waals surface area (Å²) in [5, 5.41) is 5.95. The zero-order valence-electron chi connectivity index (χ0n) is 12.3. The predicted molar refractivity (Wildman–Crippen MR) is 81.4 cm³/mol. The van der Waals surface area contributed by atoms with E-state index in [1.165, 1.54) is 5.56 Å². The van der Waals surface area contributed by atoms with Crippen LogP contribution in [0.25, 0.3) is 0 Å². The normalized spacial score (nSPS) is 12.6. The molecule has 1 amide bonds. The minimum absolute atomic E-state index is 0.0280. The van der Waals surface area contributed by atoms with Gasteiger partial charge in [0, 0.05) is 12.2 Å². The van der Waals surface area contributed by atoms with Gasteiger partial charge < -0.3 is 10.6 Å². The molecule has 104 valence electrons. The molecule has 1 aromatic rings. The van der Waals surface area contributed by atoms with E-state index in [1.54, 1.807) is 6.08 Å². The lowest BCUT2D eigenvalue weighted by Crippen LogP contribution is -2.37. The maximum absolute atomic E-state index is 11.7. The summed E-state index contributed by atoms with van der Waals surface area (Å²) < 4.78 is 0. The van der Waals surface area contributed by atoms with Crippen molar-refractivity contribution in [3.8, 4) is 0 Å². The van der Waals surface area contributed by atoms with E-state index in [4.69, 9.17) is 0 Å². The number of rotatable bonds is 5. The molecule has 1 unspecified atom stereocenters. The molecule has 1 aromatic carbocycles. The van der Waals surface area contributed by atoms with Crippen molar-refractivity contribution in [3.63, 3.8) is 0 Å². The van der Waals surface area contributed by atoms with Crippen LogP contribution in [0.1, 0.15) is 33.3 Å². The molecule has 0 bridgehead atoms. The first-order valence-corrected chi connectivity index (χ1v) is 6.60. The Bertz CT molecular complexity index is 429. The molecule has 0 aliphatic heterocycles. The number of anilines is 1. The minimum atomic E-state index is -0.263. The highest BCUT2D eigenvalue weighted by Gasteiger charge is 2.14. The molecule has 0 aromatic heterocycles. The summed E-state index contributed by atoms with van der Waals surface area (Å²) in [5.41, 5.74) is 2.38. The van der Waals surface area contributed by atoms with Crippen molar-refractivity contribution in [2.24, 2.45) is 0 Å². The lowest BCUT2D eigenvalue weighted by Gasteiger charge is -2.20. The Hall–Kier alpha value is -1.77. The highest BCUT2D eigenvalue weighted by atomic mass is 16.2. The molecule has 0 spiro atoms. The van der Waals surface area contributed by atoms with Gasteiger partial charge in [-0.15, -0.1) is 6.58 Å². The number of hydrogen-bond acceptors (Lipinski definition) is 2. The summed E-state index contributed by atoms with van der Waals surface area (Å²) in [7, 11) is 0. The van der Waals surface area contributed by atoms with Crippen molar-refractivity contribution in [1.29, 1.82) is 0 Å². The molecule has 0 saturated heterocycles. The Kier molecular flexibility index (Phi) is 5.16. The fourth-order valence-electron chi connectivity index (χ4n) is 1.71. The Morgan fingerprint density at radius 2 is 1.89 bits per heavy atom. The smallest absolute Gasteiger partial charge is 0.242 e. The quantitative estimate of drug-likeness (QED) is 0.799. The van der Waals surface area contributed by atoms with Crippen LogP contribution >= 0.6 is 0 Å². The second-order valence-corrected chi connectivity index (χ2v) is 5.73. The van der Waals surface area contributed by atoms with E-state index >= 15 is 0 Å². The Morgan fingerprint density at radius 3 is 2.37 bits per heavy atom. The van der Waals surface area contributed by atoms with Gasteiger partial charge in [-0.2, -0.15) is 0 Å². The molecule has 0 fully saturated rings. The third-order valence-corrected chi connectivity index (χ3v) is 2.95. The van der Waals surface area contributed by atoms with Gasteiger partial charge in [-0.3, -0.25) is 4.79 Å². The number of hydrogen-bond donors (Lipinski definition) is 2. The highest BCUT2D eigenvalue weighted by molar-refractivity contribution is 5.84. The molecule has 0 heterocycles. The second kappa shape index (κ2) is 6.41. The van der Waals surface area contributed by atoms with Crippen LogP contribution in [0, 0.1) is 0 Å². The van der Waals surface area contributed by atoms with Crippen LogP contribution in [0.3, 0.4) is 0 Å². The van der Waals surface area contributed by atoms with Gasteiger partial charge in [-0.1, -0.05) is 39.0 Å². The van der Waals surface area contributed by atoms with Crippen molar-refractivity contribution >= 4 is 11.6 Å². The highest BCUT2D eigenvalue weighted by Crippen LogP contribution is 2.23. The first-order valence-electron chi connectivity index (χ1n) is 6.60. The van der Waals surface area contributed by atoms with Crippen LogP contribution in [-0.4, -0.2) is 18.5 Å². The van der Waals surface area contributed by atoms with E-state index in [1.807, 2.05) is 19.1 Å². The fourth-order valence-corrected chi connectivity index (χ4v) is 1.71. The topological polar surface area (TPSA) is 41.1 Å². The zero-order valence-corrected chi connectivity index (χ0v) is 12.3. The van der Waals surface area contributed by atoms with Gasteiger partial charge in [-0.25, -0.2) is 0 Å². The molecule has 19 heavy (non-hydrogen) atoms. The third kappa shape index (κ3) is 4.78. The molecule has 0 aliphatic rings. The minimum Gasteiger partial charge on any atom is -0.374 e. The molecule has 0 aliphatic carbocycles. The van der Waals surface area contributed by atoms with Crippen LogP contribution in [0.5, 0.6) is 0 Å². The van der Waals surface area contributed by atoms with Gasteiger partial charge in [0.2, 0.25) is 5.91 Å². The van der Waals surface area contributed by atoms with Crippen molar-refractivity contribution in [2.75, 3.05) is 11.9 Å². The Labute approximate surface area is 116 Å². The van der Waals surface area contributed by atoms with Crippen LogP contribution in [0.4, 0.5) is 5.69 Å². The van der Waals surface area contributed by atoms with E-state index in [2.05, 4.69) is 50.1 Å². The van der Waals surface area contributed by atoms with Crippen LogP contribution in [0.2, 0.25) is 0 Å². The molecular formula is C16H24N2O. The van der Waals surface area contributed by atoms with E-state index in [0.29, 0.717) is 6.54 Å². The molecule has 0 saturated carbocycles. The van der Waals surface area contributed by atoms with E-state index < -0.39 is 0 Å². The van der Waals surface area contributed by atoms with Crippen molar-refractivity contribution in [1.82, 2.24) is 5.32 Å². The average molecular weight is 260 g/mol. The summed E-state index contributed by atoms with van der Waals surface area (Å²) in [6.45, 7) is 12.5. The Morgan fingerprint density at radius 1 is 1.32 bits per heavy atom. The van der Waals surface area contributed by atoms with E-state index in [-0.39, 0.29) is 17.4 Å². The van der Waals surface area contributed by atoms with Gasteiger partial charge in [0.1, 0.15) is 6.04 Å². The van der Waals surface area contributed by atoms with E-state index in [0.717, 1.165) is 5.69 Å². The summed E-state index contributed by atoms with van der Waals surface area (Å²) in [4.78, 5) is 11.7. The SMILES string of the molecule is C=CCNC(=O)C(C)Nc1ccc(C(C)(C)C)cc1. The summed E-state index contributed by atoms with van der Waals surface area (Å²) >= 11 is 0. The summed E-state index contributed by atoms with van der Waals surface area (Å²) in [6, 6.07) is 7.95. The van der Waals surface area contributed by atoms with Crippen molar-refractivity contribution < 1.29 is 4.79 Å². The number of nitrogens with one attached hydrogen (secondary N) is 2. The lowest BCUT2D eigenvalue weighted by molar-refractivity contribution is -0.121. The lowest BCUT2D eigenvalue weighted by atomic mass is 9.87. The maximum Gasteiger partial charge on any atom is 0.242 e. The van der Waals surface area contributed by atoms with Crippen LogP contribution < -0.4 is 10.6 Å². The molecule has 3 nitrogen and oxygen atoms in total. The molecular weight excluding hydrogens is 236 g/mol. The number of benzene rings is 1. The molecule has 2 N–H and O–H groups in total. The first-order chi connectivity index (χ1) is 8.84. The second-order valence-electron chi connectivity index (χ2n) is 5.73. The Balaban J connectivity index is 2.62. The number of carbonyl (C=O) groups excluding carboxylic acids is 1. The first kappa shape index (κ1) is 15.3. The van der Waals surface area contributed by atoms with Crippen molar-refractivity contribution in [3.05, 3.63) is 42.5 Å². The molecule has 0 radical (unpaired) electrons. The zero-order chi connectivity index (χ0) is 14.5. The van der Waals surface area contributed by atoms with Gasteiger partial charge >= 0.3 is 0 Å².